The zero-order chi connectivity index (χ0) is 16.9. The van der Waals surface area contributed by atoms with Crippen molar-refractivity contribution in [3.63, 3.8) is 0 Å². The lowest BCUT2D eigenvalue weighted by Crippen LogP contribution is -1.98. The molecule has 1 N–H and O–H groups in total. The highest BCUT2D eigenvalue weighted by Crippen LogP contribution is 2.18. The molecule has 0 aliphatic carbocycles. The van der Waals surface area contributed by atoms with Gasteiger partial charge in [-0.15, -0.1) is 11.3 Å². The monoisotopic (exact) mass is 342 g/mol. The van der Waals surface area contributed by atoms with Gasteiger partial charge in [-0.3, -0.25) is 5.43 Å². The Morgan fingerprint density at radius 2 is 2.04 bits per heavy atom. The molecule has 0 amide bonds. The van der Waals surface area contributed by atoms with Crippen LogP contribution in [-0.4, -0.2) is 16.4 Å². The lowest BCUT2D eigenvalue weighted by atomic mass is 10.2. The van der Waals surface area contributed by atoms with E-state index in [1.54, 1.807) is 6.21 Å². The highest BCUT2D eigenvalue weighted by molar-refractivity contribution is 7.13. The Kier molecular flexibility index (Phi) is 4.90. The summed E-state index contributed by atoms with van der Waals surface area (Å²) in [4.78, 5) is 4.28. The van der Waals surface area contributed by atoms with E-state index in [0.29, 0.717) is 6.61 Å². The predicted octanol–water partition coefficient (Wildman–Crippen LogP) is 4.08. The maximum atomic E-state index is 5.78. The van der Waals surface area contributed by atoms with Crippen molar-refractivity contribution in [3.8, 4) is 5.75 Å². The van der Waals surface area contributed by atoms with Crippen LogP contribution in [0.1, 0.15) is 28.3 Å². The lowest BCUT2D eigenvalue weighted by Gasteiger charge is -2.05. The molecule has 0 aliphatic heterocycles. The normalized spacial score (nSPS) is 11.1. The minimum Gasteiger partial charge on any atom is -0.489 e. The number of hydrogen-bond donors (Lipinski definition) is 1. The third-order valence-electron chi connectivity index (χ3n) is 3.44. The average molecular weight is 342 g/mol. The second-order valence-corrected chi connectivity index (χ2v) is 6.18. The highest BCUT2D eigenvalue weighted by Gasteiger charge is 2.09. The van der Waals surface area contributed by atoms with E-state index in [-0.39, 0.29) is 0 Å². The van der Waals surface area contributed by atoms with E-state index < -0.39 is 0 Å². The molecule has 0 saturated heterocycles. The minimum atomic E-state index is 0.444. The van der Waals surface area contributed by atoms with Gasteiger partial charge in [0.15, 0.2) is 0 Å². The first-order valence-corrected chi connectivity index (χ1v) is 8.35. The number of nitrogens with zero attached hydrogens (tertiary/aromatic N) is 3. The Labute approximate surface area is 144 Å². The van der Waals surface area contributed by atoms with Crippen LogP contribution in [0.3, 0.4) is 0 Å². The Morgan fingerprint density at radius 1 is 1.25 bits per heavy atom. The Morgan fingerprint density at radius 3 is 2.67 bits per heavy atom. The topological polar surface area (TPSA) is 72.5 Å². The SMILES string of the molecule is Cc1csc(NN=Cc2ccc(OCc3c(C)noc3C)cc2)n1. The molecule has 0 fully saturated rings. The molecule has 0 atom stereocenters. The van der Waals surface area contributed by atoms with Crippen molar-refractivity contribution >= 4 is 22.7 Å². The number of aromatic nitrogens is 2. The van der Waals surface area contributed by atoms with Crippen molar-refractivity contribution in [2.24, 2.45) is 5.10 Å². The van der Waals surface area contributed by atoms with Crippen molar-refractivity contribution in [2.45, 2.75) is 27.4 Å². The molecule has 2 heterocycles. The number of anilines is 1. The second kappa shape index (κ2) is 7.27. The first-order chi connectivity index (χ1) is 11.6. The van der Waals surface area contributed by atoms with Gasteiger partial charge in [-0.05, 0) is 50.6 Å². The minimum absolute atomic E-state index is 0.444. The molecule has 0 bridgehead atoms. The Balaban J connectivity index is 1.55. The van der Waals surface area contributed by atoms with Gasteiger partial charge in [0.05, 0.1) is 23.2 Å². The van der Waals surface area contributed by atoms with E-state index in [4.69, 9.17) is 9.26 Å². The summed E-state index contributed by atoms with van der Waals surface area (Å²) in [7, 11) is 0. The molecule has 2 aromatic heterocycles. The number of rotatable bonds is 6. The third-order valence-corrected chi connectivity index (χ3v) is 4.30. The fraction of sp³-hybridized carbons (Fsp3) is 0.235. The van der Waals surface area contributed by atoms with Crippen LogP contribution in [0.4, 0.5) is 5.13 Å². The number of aryl methyl sites for hydroxylation is 3. The van der Waals surface area contributed by atoms with Crippen molar-refractivity contribution in [3.05, 3.63) is 57.9 Å². The zero-order valence-corrected chi connectivity index (χ0v) is 14.6. The molecule has 3 rings (SSSR count). The first kappa shape index (κ1) is 16.2. The summed E-state index contributed by atoms with van der Waals surface area (Å²) in [5.74, 6) is 1.58. The van der Waals surface area contributed by atoms with E-state index in [2.05, 4.69) is 20.7 Å². The van der Waals surface area contributed by atoms with E-state index in [1.807, 2.05) is 50.4 Å². The number of hydrazone groups is 1. The molecule has 0 saturated carbocycles. The zero-order valence-electron chi connectivity index (χ0n) is 13.7. The maximum Gasteiger partial charge on any atom is 0.203 e. The van der Waals surface area contributed by atoms with E-state index in [9.17, 15) is 0 Å². The molecule has 124 valence electrons. The van der Waals surface area contributed by atoms with Crippen molar-refractivity contribution in [2.75, 3.05) is 5.43 Å². The molecule has 0 unspecified atom stereocenters. The van der Waals surface area contributed by atoms with Crippen LogP contribution in [0.5, 0.6) is 5.75 Å². The first-order valence-electron chi connectivity index (χ1n) is 7.47. The summed E-state index contributed by atoms with van der Waals surface area (Å²) in [5.41, 5.74) is 6.72. The fourth-order valence-corrected chi connectivity index (χ4v) is 2.72. The number of nitrogens with one attached hydrogen (secondary N) is 1. The average Bonchev–Trinajstić information content (AvgIpc) is 3.13. The predicted molar refractivity (Wildman–Crippen MR) is 94.8 cm³/mol. The molecule has 3 aromatic rings. The van der Waals surface area contributed by atoms with Crippen LogP contribution in [-0.2, 0) is 6.61 Å². The van der Waals surface area contributed by atoms with E-state index in [1.165, 1.54) is 11.3 Å². The van der Waals surface area contributed by atoms with Crippen molar-refractivity contribution in [1.29, 1.82) is 0 Å². The molecule has 7 heteroatoms. The third kappa shape index (κ3) is 3.99. The van der Waals surface area contributed by atoms with Crippen LogP contribution in [0.25, 0.3) is 0 Å². The van der Waals surface area contributed by atoms with E-state index in [0.717, 1.165) is 39.2 Å². The van der Waals surface area contributed by atoms with Crippen molar-refractivity contribution in [1.82, 2.24) is 10.1 Å². The fourth-order valence-electron chi connectivity index (χ4n) is 2.08. The van der Waals surface area contributed by atoms with Gasteiger partial charge in [0.25, 0.3) is 0 Å². The standard InChI is InChI=1S/C17H18N4O2S/c1-11-10-24-17(19-11)20-18-8-14-4-6-15(7-5-14)22-9-16-12(2)21-23-13(16)3/h4-8,10H,9H2,1-3H3,(H,19,20). The molecule has 6 nitrogen and oxygen atoms in total. The molecule has 0 radical (unpaired) electrons. The summed E-state index contributed by atoms with van der Waals surface area (Å²) in [5, 5.41) is 10.9. The van der Waals surface area contributed by atoms with Crippen LogP contribution >= 0.6 is 11.3 Å². The van der Waals surface area contributed by atoms with Gasteiger partial charge in [0.1, 0.15) is 18.1 Å². The van der Waals surface area contributed by atoms with Crippen molar-refractivity contribution < 1.29 is 9.26 Å². The Bertz CT molecular complexity index is 817. The number of hydrogen-bond acceptors (Lipinski definition) is 7. The number of ether oxygens (including phenoxy) is 1. The quantitative estimate of drug-likeness (QED) is 0.540. The van der Waals surface area contributed by atoms with Crippen LogP contribution in [0.2, 0.25) is 0 Å². The molecule has 0 spiro atoms. The van der Waals surface area contributed by atoms with Gasteiger partial charge in [0.2, 0.25) is 5.13 Å². The smallest absolute Gasteiger partial charge is 0.203 e. The molecule has 0 aliphatic rings. The molecular formula is C17H18N4O2S. The molecule has 24 heavy (non-hydrogen) atoms. The largest absolute Gasteiger partial charge is 0.489 e. The summed E-state index contributed by atoms with van der Waals surface area (Å²) in [6, 6.07) is 7.71. The van der Waals surface area contributed by atoms with Crippen LogP contribution in [0, 0.1) is 20.8 Å². The van der Waals surface area contributed by atoms with Crippen LogP contribution < -0.4 is 10.2 Å². The van der Waals surface area contributed by atoms with E-state index >= 15 is 0 Å². The van der Waals surface area contributed by atoms with Gasteiger partial charge in [-0.2, -0.15) is 5.10 Å². The highest BCUT2D eigenvalue weighted by atomic mass is 32.1. The summed E-state index contributed by atoms with van der Waals surface area (Å²) >= 11 is 1.53. The maximum absolute atomic E-state index is 5.78. The number of benzene rings is 1. The van der Waals surface area contributed by atoms with Gasteiger partial charge < -0.3 is 9.26 Å². The Hall–Kier alpha value is -2.67. The summed E-state index contributed by atoms with van der Waals surface area (Å²) in [6.07, 6.45) is 1.74. The van der Waals surface area contributed by atoms with Crippen LogP contribution in [0.15, 0.2) is 39.3 Å². The van der Waals surface area contributed by atoms with Gasteiger partial charge in [-0.25, -0.2) is 4.98 Å². The lowest BCUT2D eigenvalue weighted by molar-refractivity contribution is 0.301. The van der Waals surface area contributed by atoms with Gasteiger partial charge in [-0.1, -0.05) is 5.16 Å². The molecule has 1 aromatic carbocycles. The molecular weight excluding hydrogens is 324 g/mol. The summed E-state index contributed by atoms with van der Waals surface area (Å²) in [6.45, 7) is 6.19. The number of thiazole rings is 1. The van der Waals surface area contributed by atoms with Gasteiger partial charge >= 0.3 is 0 Å². The van der Waals surface area contributed by atoms with Gasteiger partial charge in [0, 0.05) is 5.38 Å². The summed E-state index contributed by atoms with van der Waals surface area (Å²) < 4.78 is 10.9. The second-order valence-electron chi connectivity index (χ2n) is 5.32.